The SMILES string of the molecule is COc1cc(CCC(=O)OCCCO)cc(-c2cc(CCC(=O)OCCCO)cc(OC)c2OC2OC(CO)C(O)C(O)C2O)c1O. The van der Waals surface area contributed by atoms with E-state index >= 15 is 0 Å². The highest BCUT2D eigenvalue weighted by Crippen LogP contribution is 2.47. The Balaban J connectivity index is 2.07. The molecule has 7 N–H and O–H groups in total. The molecule has 15 heteroatoms. The molecule has 3 rings (SSSR count). The van der Waals surface area contributed by atoms with Crippen LogP contribution in [0.3, 0.4) is 0 Å². The van der Waals surface area contributed by atoms with E-state index < -0.39 is 49.3 Å². The van der Waals surface area contributed by atoms with Gasteiger partial charge in [-0.3, -0.25) is 9.59 Å². The second-order valence-electron chi connectivity index (χ2n) is 10.8. The van der Waals surface area contributed by atoms with Crippen LogP contribution in [0.5, 0.6) is 23.0 Å². The molecule has 5 atom stereocenters. The number of carbonyl (C=O) groups excluding carboxylic acids is 2. The summed E-state index contributed by atoms with van der Waals surface area (Å²) in [7, 11) is 2.68. The molecule has 1 saturated heterocycles. The summed E-state index contributed by atoms with van der Waals surface area (Å²) < 4.78 is 32.9. The normalized spacial score (nSPS) is 20.8. The summed E-state index contributed by atoms with van der Waals surface area (Å²) in [4.78, 5) is 24.5. The molecule has 0 saturated carbocycles. The van der Waals surface area contributed by atoms with Crippen molar-refractivity contribution in [2.75, 3.05) is 47.3 Å². The van der Waals surface area contributed by atoms with Gasteiger partial charge in [0.2, 0.25) is 6.29 Å². The number of phenols is 1. The summed E-state index contributed by atoms with van der Waals surface area (Å²) >= 11 is 0. The van der Waals surface area contributed by atoms with Gasteiger partial charge in [0.15, 0.2) is 23.0 Å². The molecule has 1 heterocycles. The number of hydrogen-bond acceptors (Lipinski definition) is 15. The number of aliphatic hydroxyl groups excluding tert-OH is 6. The molecule has 5 unspecified atom stereocenters. The van der Waals surface area contributed by atoms with Crippen LogP contribution in [0, 0.1) is 0 Å². The lowest BCUT2D eigenvalue weighted by atomic mass is 9.95. The number of benzene rings is 2. The molecule has 1 aliphatic rings. The van der Waals surface area contributed by atoms with Crippen LogP contribution in [-0.2, 0) is 36.6 Å². The molecule has 2 aromatic rings. The predicted molar refractivity (Wildman–Crippen MR) is 163 cm³/mol. The first kappa shape index (κ1) is 37.8. The third-order valence-electron chi connectivity index (χ3n) is 7.43. The molecule has 47 heavy (non-hydrogen) atoms. The molecule has 1 aliphatic heterocycles. The first-order chi connectivity index (χ1) is 22.6. The van der Waals surface area contributed by atoms with E-state index in [0.717, 1.165) is 0 Å². The monoisotopic (exact) mass is 668 g/mol. The van der Waals surface area contributed by atoms with Gasteiger partial charge in [0, 0.05) is 50.0 Å². The third-order valence-corrected chi connectivity index (χ3v) is 7.43. The number of carbonyl (C=O) groups is 2. The van der Waals surface area contributed by atoms with Gasteiger partial charge >= 0.3 is 11.9 Å². The summed E-state index contributed by atoms with van der Waals surface area (Å²) in [5.41, 5.74) is 1.45. The van der Waals surface area contributed by atoms with Crippen LogP contribution in [0.1, 0.15) is 36.8 Å². The minimum atomic E-state index is -1.76. The fourth-order valence-electron chi connectivity index (χ4n) is 4.87. The van der Waals surface area contributed by atoms with Crippen LogP contribution >= 0.6 is 0 Å². The number of esters is 2. The highest BCUT2D eigenvalue weighted by atomic mass is 16.7. The number of hydrogen-bond donors (Lipinski definition) is 7. The fourth-order valence-corrected chi connectivity index (χ4v) is 4.87. The predicted octanol–water partition coefficient (Wildman–Crippen LogP) is -0.0285. The number of rotatable bonds is 18. The number of ether oxygens (including phenoxy) is 6. The standard InChI is InChI=1S/C32H44O15/c1-42-22-15-18(5-7-25(36)44-11-3-9-33)13-20(27(22)38)21-14-19(6-8-26(37)45-12-4-10-34)16-23(43-2)31(21)47-32-30(41)29(40)28(39)24(17-35)46-32/h13-16,24,28-30,32-35,38-41H,3-12,17H2,1-2H3. The number of aromatic hydroxyl groups is 1. The van der Waals surface area contributed by atoms with Crippen molar-refractivity contribution in [1.29, 1.82) is 0 Å². The molecular weight excluding hydrogens is 624 g/mol. The van der Waals surface area contributed by atoms with Crippen molar-refractivity contribution in [2.45, 2.75) is 69.2 Å². The van der Waals surface area contributed by atoms with E-state index in [1.165, 1.54) is 14.2 Å². The Kier molecular flexibility index (Phi) is 14.9. The molecule has 0 amide bonds. The van der Waals surface area contributed by atoms with Crippen molar-refractivity contribution >= 4 is 11.9 Å². The molecule has 0 aliphatic carbocycles. The van der Waals surface area contributed by atoms with Crippen LogP contribution in [-0.4, -0.2) is 126 Å². The van der Waals surface area contributed by atoms with Gasteiger partial charge in [-0.25, -0.2) is 0 Å². The lowest BCUT2D eigenvalue weighted by Gasteiger charge is -2.40. The van der Waals surface area contributed by atoms with E-state index in [-0.39, 0.29) is 86.2 Å². The zero-order valence-electron chi connectivity index (χ0n) is 26.4. The zero-order chi connectivity index (χ0) is 34.5. The Morgan fingerprint density at radius 1 is 0.745 bits per heavy atom. The number of phenolic OH excluding ortho intramolecular Hbond substituents is 1. The fraction of sp³-hybridized carbons (Fsp3) is 0.562. The largest absolute Gasteiger partial charge is 0.504 e. The second-order valence-corrected chi connectivity index (χ2v) is 10.8. The molecular formula is C32H44O15. The molecule has 1 fully saturated rings. The highest BCUT2D eigenvalue weighted by molar-refractivity contribution is 5.82. The molecule has 0 aromatic heterocycles. The van der Waals surface area contributed by atoms with Crippen LogP contribution in [0.15, 0.2) is 24.3 Å². The maximum Gasteiger partial charge on any atom is 0.306 e. The number of aliphatic hydroxyl groups is 6. The van der Waals surface area contributed by atoms with E-state index in [9.17, 15) is 35.1 Å². The minimum absolute atomic E-state index is 0.0191. The van der Waals surface area contributed by atoms with Gasteiger partial charge in [0.25, 0.3) is 0 Å². The summed E-state index contributed by atoms with van der Waals surface area (Å²) in [5, 5.41) is 70.1. The second kappa shape index (κ2) is 18.6. The van der Waals surface area contributed by atoms with Gasteiger partial charge < -0.3 is 64.2 Å². The van der Waals surface area contributed by atoms with E-state index in [2.05, 4.69) is 0 Å². The number of methoxy groups -OCH3 is 2. The summed E-state index contributed by atoms with van der Waals surface area (Å²) in [6.45, 7) is -0.803. The first-order valence-electron chi connectivity index (χ1n) is 15.2. The van der Waals surface area contributed by atoms with E-state index in [1.54, 1.807) is 24.3 Å². The van der Waals surface area contributed by atoms with Gasteiger partial charge in [-0.2, -0.15) is 0 Å². The Morgan fingerprint density at radius 3 is 1.79 bits per heavy atom. The Hall–Kier alpha value is -3.70. The van der Waals surface area contributed by atoms with Crippen molar-refractivity contribution in [3.05, 3.63) is 35.4 Å². The first-order valence-corrected chi connectivity index (χ1v) is 15.2. The molecule has 0 radical (unpaired) electrons. The van der Waals surface area contributed by atoms with Gasteiger partial charge in [-0.1, -0.05) is 0 Å². The van der Waals surface area contributed by atoms with Gasteiger partial charge in [0.05, 0.1) is 34.0 Å². The maximum absolute atomic E-state index is 12.3. The lowest BCUT2D eigenvalue weighted by Crippen LogP contribution is -2.60. The van der Waals surface area contributed by atoms with Crippen LogP contribution in [0.25, 0.3) is 11.1 Å². The van der Waals surface area contributed by atoms with E-state index in [4.69, 9.17) is 38.6 Å². The summed E-state index contributed by atoms with van der Waals surface area (Å²) in [5.74, 6) is -1.24. The lowest BCUT2D eigenvalue weighted by molar-refractivity contribution is -0.277. The van der Waals surface area contributed by atoms with Gasteiger partial charge in [-0.15, -0.1) is 0 Å². The Morgan fingerprint density at radius 2 is 1.28 bits per heavy atom. The average molecular weight is 669 g/mol. The highest BCUT2D eigenvalue weighted by Gasteiger charge is 2.45. The molecule has 15 nitrogen and oxygen atoms in total. The molecule has 262 valence electrons. The Labute approximate surface area is 271 Å². The molecule has 0 spiro atoms. The van der Waals surface area contributed by atoms with Crippen LogP contribution in [0.4, 0.5) is 0 Å². The minimum Gasteiger partial charge on any atom is -0.504 e. The van der Waals surface area contributed by atoms with E-state index in [1.807, 2.05) is 0 Å². The Bertz CT molecular complexity index is 1310. The van der Waals surface area contributed by atoms with Crippen molar-refractivity contribution in [1.82, 2.24) is 0 Å². The van der Waals surface area contributed by atoms with Crippen molar-refractivity contribution in [2.24, 2.45) is 0 Å². The number of aryl methyl sites for hydroxylation is 2. The maximum atomic E-state index is 12.3. The topological polar surface area (TPSA) is 231 Å². The third kappa shape index (κ3) is 10.1. The smallest absolute Gasteiger partial charge is 0.306 e. The van der Waals surface area contributed by atoms with Gasteiger partial charge in [0.1, 0.15) is 24.4 Å². The van der Waals surface area contributed by atoms with E-state index in [0.29, 0.717) is 24.0 Å². The zero-order valence-corrected chi connectivity index (χ0v) is 26.4. The van der Waals surface area contributed by atoms with Crippen LogP contribution < -0.4 is 14.2 Å². The summed E-state index contributed by atoms with van der Waals surface area (Å²) in [6.07, 6.45) is -7.09. The molecule has 0 bridgehead atoms. The molecule has 2 aromatic carbocycles. The van der Waals surface area contributed by atoms with Crippen LogP contribution in [0.2, 0.25) is 0 Å². The average Bonchev–Trinajstić information content (AvgIpc) is 3.07. The summed E-state index contributed by atoms with van der Waals surface area (Å²) in [6, 6.07) is 6.29. The van der Waals surface area contributed by atoms with Crippen molar-refractivity contribution in [3.63, 3.8) is 0 Å². The van der Waals surface area contributed by atoms with Crippen molar-refractivity contribution < 1.29 is 73.8 Å². The van der Waals surface area contributed by atoms with Gasteiger partial charge in [-0.05, 0) is 48.2 Å². The van der Waals surface area contributed by atoms with Crippen molar-refractivity contribution in [3.8, 4) is 34.1 Å². The quantitative estimate of drug-likeness (QED) is 0.0817.